The van der Waals surface area contributed by atoms with Gasteiger partial charge in [-0.05, 0) is 25.0 Å². The molecule has 3 rings (SSSR count). The highest BCUT2D eigenvalue weighted by molar-refractivity contribution is 5.60. The van der Waals surface area contributed by atoms with Gasteiger partial charge in [0.1, 0.15) is 11.4 Å². The third-order valence-electron chi connectivity index (χ3n) is 6.83. The first-order valence-electron chi connectivity index (χ1n) is 14.6. The van der Waals surface area contributed by atoms with Crippen LogP contribution < -0.4 is 0 Å². The van der Waals surface area contributed by atoms with Crippen molar-refractivity contribution in [2.75, 3.05) is 0 Å². The maximum atomic E-state index is 4.80. The smallest absolute Gasteiger partial charge is 0.131 e. The first-order chi connectivity index (χ1) is 17.8. The first kappa shape index (κ1) is 28.0. The average molecular weight is 494 g/mol. The fraction of sp³-hybridized carbons (Fsp3) is 0.690. The maximum absolute atomic E-state index is 4.80. The topological polar surface area (TPSA) is 74.3 Å². The molecule has 0 aliphatic carbocycles. The lowest BCUT2D eigenvalue weighted by atomic mass is 10.1. The van der Waals surface area contributed by atoms with E-state index in [1.54, 1.807) is 0 Å². The molecule has 0 radical (unpaired) electrons. The van der Waals surface area contributed by atoms with Crippen LogP contribution in [-0.4, -0.2) is 35.0 Å². The van der Waals surface area contributed by atoms with E-state index in [0.717, 1.165) is 48.7 Å². The van der Waals surface area contributed by atoms with Crippen LogP contribution in [0.4, 0.5) is 0 Å². The van der Waals surface area contributed by atoms with E-state index >= 15 is 0 Å². The Bertz CT molecular complexity index is 888. The van der Waals surface area contributed by atoms with Crippen molar-refractivity contribution in [1.29, 1.82) is 0 Å². The maximum Gasteiger partial charge on any atom is 0.131 e. The number of pyridine rings is 1. The van der Waals surface area contributed by atoms with Gasteiger partial charge in [0.05, 0.1) is 23.8 Å². The zero-order valence-electron chi connectivity index (χ0n) is 22.7. The highest BCUT2D eigenvalue weighted by Crippen LogP contribution is 2.20. The first-order valence-corrected chi connectivity index (χ1v) is 14.6. The van der Waals surface area contributed by atoms with Gasteiger partial charge in [0.15, 0.2) is 0 Å². The van der Waals surface area contributed by atoms with Gasteiger partial charge in [0.25, 0.3) is 0 Å². The van der Waals surface area contributed by atoms with Crippen LogP contribution in [0.5, 0.6) is 0 Å². The zero-order chi connectivity index (χ0) is 25.3. The fourth-order valence-corrected chi connectivity index (χ4v) is 4.59. The molecule has 0 spiro atoms. The highest BCUT2D eigenvalue weighted by Gasteiger charge is 2.10. The molecule has 0 aromatic carbocycles. The summed E-state index contributed by atoms with van der Waals surface area (Å²) in [4.78, 5) is 4.80. The number of hydrogen-bond donors (Lipinski definition) is 0. The molecule has 3 aromatic rings. The summed E-state index contributed by atoms with van der Waals surface area (Å²) in [6.07, 6.45) is 25.0. The quantitative estimate of drug-likeness (QED) is 0.150. The number of unbranched alkanes of at least 4 members (excludes halogenated alkanes) is 14. The number of hydrogen-bond acceptors (Lipinski definition) is 5. The standard InChI is InChI=1S/C29H47N7/c1-3-5-7-9-11-13-15-17-22-35-24-28(31-33-35)26-20-19-21-27(30-26)29-25-36(34-32-29)23-18-16-14-12-10-8-6-4-2/h19-21,24-25H,3-18,22-23H2,1-2H3. The third kappa shape index (κ3) is 10.2. The fourth-order valence-electron chi connectivity index (χ4n) is 4.59. The Morgan fingerprint density at radius 1 is 0.500 bits per heavy atom. The summed E-state index contributed by atoms with van der Waals surface area (Å²) in [6, 6.07) is 5.98. The lowest BCUT2D eigenvalue weighted by Crippen LogP contribution is -1.98. The van der Waals surface area contributed by atoms with Gasteiger partial charge in [0, 0.05) is 13.1 Å². The summed E-state index contributed by atoms with van der Waals surface area (Å²) in [5, 5.41) is 17.4. The molecule has 7 nitrogen and oxygen atoms in total. The molecule has 3 aromatic heterocycles. The van der Waals surface area contributed by atoms with Crippen LogP contribution in [0, 0.1) is 0 Å². The van der Waals surface area contributed by atoms with Gasteiger partial charge in [-0.15, -0.1) is 10.2 Å². The summed E-state index contributed by atoms with van der Waals surface area (Å²) in [5.74, 6) is 0. The molecule has 0 fully saturated rings. The van der Waals surface area contributed by atoms with Crippen LogP contribution >= 0.6 is 0 Å². The minimum absolute atomic E-state index is 0.808. The van der Waals surface area contributed by atoms with Crippen LogP contribution in [0.1, 0.15) is 117 Å². The summed E-state index contributed by atoms with van der Waals surface area (Å²) in [7, 11) is 0. The number of aromatic nitrogens is 7. The van der Waals surface area contributed by atoms with Crippen molar-refractivity contribution in [1.82, 2.24) is 35.0 Å². The summed E-state index contributed by atoms with van der Waals surface area (Å²) in [5.41, 5.74) is 3.27. The predicted octanol–water partition coefficient (Wildman–Crippen LogP) is 7.88. The Balaban J connectivity index is 1.41. The molecule has 0 saturated carbocycles. The molecule has 0 saturated heterocycles. The second kappa shape index (κ2) is 17.0. The van der Waals surface area contributed by atoms with Gasteiger partial charge in [-0.2, -0.15) is 0 Å². The summed E-state index contributed by atoms with van der Waals surface area (Å²) >= 11 is 0. The monoisotopic (exact) mass is 493 g/mol. The normalized spacial score (nSPS) is 11.4. The largest absolute Gasteiger partial charge is 0.252 e. The third-order valence-corrected chi connectivity index (χ3v) is 6.83. The molecule has 0 unspecified atom stereocenters. The molecule has 0 amide bonds. The minimum Gasteiger partial charge on any atom is -0.252 e. The van der Waals surface area contributed by atoms with Gasteiger partial charge in [0.2, 0.25) is 0 Å². The van der Waals surface area contributed by atoms with E-state index in [1.165, 1.54) is 89.9 Å². The van der Waals surface area contributed by atoms with Crippen molar-refractivity contribution < 1.29 is 0 Å². The highest BCUT2D eigenvalue weighted by atomic mass is 15.4. The Labute approximate surface area is 218 Å². The molecule has 198 valence electrons. The van der Waals surface area contributed by atoms with Gasteiger partial charge < -0.3 is 0 Å². The Hall–Kier alpha value is -2.57. The number of nitrogens with zero attached hydrogens (tertiary/aromatic N) is 7. The van der Waals surface area contributed by atoms with E-state index in [9.17, 15) is 0 Å². The minimum atomic E-state index is 0.808. The van der Waals surface area contributed by atoms with Crippen LogP contribution in [0.15, 0.2) is 30.6 Å². The molecular weight excluding hydrogens is 446 g/mol. The van der Waals surface area contributed by atoms with Gasteiger partial charge in [-0.1, -0.05) is 120 Å². The van der Waals surface area contributed by atoms with E-state index < -0.39 is 0 Å². The lowest BCUT2D eigenvalue weighted by Gasteiger charge is -2.02. The number of rotatable bonds is 20. The van der Waals surface area contributed by atoms with Crippen molar-refractivity contribution in [3.63, 3.8) is 0 Å². The Morgan fingerprint density at radius 2 is 0.889 bits per heavy atom. The zero-order valence-corrected chi connectivity index (χ0v) is 22.7. The summed E-state index contributed by atoms with van der Waals surface area (Å²) < 4.78 is 3.89. The van der Waals surface area contributed by atoms with E-state index in [2.05, 4.69) is 34.5 Å². The van der Waals surface area contributed by atoms with Crippen molar-refractivity contribution in [3.05, 3.63) is 30.6 Å². The van der Waals surface area contributed by atoms with E-state index in [4.69, 9.17) is 4.98 Å². The molecule has 0 aliphatic heterocycles. The van der Waals surface area contributed by atoms with Crippen LogP contribution in [0.25, 0.3) is 22.8 Å². The molecule has 0 N–H and O–H groups in total. The molecule has 36 heavy (non-hydrogen) atoms. The van der Waals surface area contributed by atoms with Gasteiger partial charge >= 0.3 is 0 Å². The van der Waals surface area contributed by atoms with Crippen LogP contribution in [0.3, 0.4) is 0 Å². The predicted molar refractivity (Wildman–Crippen MR) is 147 cm³/mol. The second-order valence-electron chi connectivity index (χ2n) is 10.1. The van der Waals surface area contributed by atoms with E-state index in [0.29, 0.717) is 0 Å². The van der Waals surface area contributed by atoms with Crippen molar-refractivity contribution >= 4 is 0 Å². The van der Waals surface area contributed by atoms with Crippen LogP contribution in [0.2, 0.25) is 0 Å². The summed E-state index contributed by atoms with van der Waals surface area (Å²) in [6.45, 7) is 6.35. The van der Waals surface area contributed by atoms with Crippen molar-refractivity contribution in [3.8, 4) is 22.8 Å². The van der Waals surface area contributed by atoms with Gasteiger partial charge in [-0.3, -0.25) is 9.36 Å². The lowest BCUT2D eigenvalue weighted by molar-refractivity contribution is 0.511. The molecule has 3 heterocycles. The molecule has 0 atom stereocenters. The molecule has 0 aliphatic rings. The SMILES string of the molecule is CCCCCCCCCCn1cc(-c2cccc(-c3cn(CCCCCCCCCC)nn3)n2)nn1. The molecule has 7 heteroatoms. The van der Waals surface area contributed by atoms with Gasteiger partial charge in [-0.25, -0.2) is 4.98 Å². The Kier molecular flexibility index (Phi) is 13.2. The van der Waals surface area contributed by atoms with Crippen molar-refractivity contribution in [2.45, 2.75) is 130 Å². The number of aryl methyl sites for hydroxylation is 2. The second-order valence-corrected chi connectivity index (χ2v) is 10.1. The molecular formula is C29H47N7. The van der Waals surface area contributed by atoms with Crippen LogP contribution in [-0.2, 0) is 13.1 Å². The van der Waals surface area contributed by atoms with E-state index in [-0.39, 0.29) is 0 Å². The molecule has 0 bridgehead atoms. The van der Waals surface area contributed by atoms with E-state index in [1.807, 2.05) is 40.0 Å². The average Bonchev–Trinajstić information content (AvgIpc) is 3.57. The van der Waals surface area contributed by atoms with Crippen molar-refractivity contribution in [2.24, 2.45) is 0 Å². The Morgan fingerprint density at radius 3 is 1.31 bits per heavy atom.